The molecule has 0 saturated heterocycles. The Morgan fingerprint density at radius 2 is 2.15 bits per heavy atom. The summed E-state index contributed by atoms with van der Waals surface area (Å²) in [7, 11) is 1.64. The topological polar surface area (TPSA) is 47.0 Å². The van der Waals surface area contributed by atoms with Crippen molar-refractivity contribution < 1.29 is 9.13 Å². The lowest BCUT2D eigenvalue weighted by atomic mass is 10.3. The zero-order valence-electron chi connectivity index (χ0n) is 11.2. The lowest BCUT2D eigenvalue weighted by Gasteiger charge is -2.24. The minimum Gasteiger partial charge on any atom is -0.480 e. The average Bonchev–Trinajstić information content (AvgIpc) is 2.49. The Morgan fingerprint density at radius 1 is 1.35 bits per heavy atom. The highest BCUT2D eigenvalue weighted by Crippen LogP contribution is 2.39. The van der Waals surface area contributed by atoms with E-state index < -0.39 is 5.82 Å². The Morgan fingerprint density at radius 3 is 2.95 bits per heavy atom. The maximum atomic E-state index is 13.8. The Labute approximate surface area is 120 Å². The summed E-state index contributed by atoms with van der Waals surface area (Å²) >= 11 is 1.70. The minimum atomic E-state index is -0.417. The molecule has 1 unspecified atom stereocenters. The Hall–Kier alpha value is -1.82. The molecule has 4 nitrogen and oxygen atoms in total. The van der Waals surface area contributed by atoms with Crippen molar-refractivity contribution >= 4 is 17.6 Å². The van der Waals surface area contributed by atoms with Gasteiger partial charge in [0.2, 0.25) is 0 Å². The van der Waals surface area contributed by atoms with Crippen LogP contribution in [0.3, 0.4) is 0 Å². The number of rotatable bonds is 2. The van der Waals surface area contributed by atoms with Gasteiger partial charge in [-0.2, -0.15) is 0 Å². The molecule has 1 aromatic carbocycles. The highest BCUT2D eigenvalue weighted by atomic mass is 32.2. The van der Waals surface area contributed by atoms with Crippen molar-refractivity contribution in [2.24, 2.45) is 0 Å². The first-order chi connectivity index (χ1) is 9.69. The fourth-order valence-electron chi connectivity index (χ4n) is 2.04. The molecule has 1 N–H and O–H groups in total. The maximum Gasteiger partial charge on any atom is 0.186 e. The van der Waals surface area contributed by atoms with Crippen LogP contribution in [-0.2, 0) is 0 Å². The normalized spacial score (nSPS) is 17.2. The van der Waals surface area contributed by atoms with Gasteiger partial charge in [0.15, 0.2) is 23.6 Å². The number of hydrogen-bond acceptors (Lipinski definition) is 5. The molecule has 1 aromatic heterocycles. The van der Waals surface area contributed by atoms with Crippen molar-refractivity contribution in [2.45, 2.75) is 17.9 Å². The fraction of sp³-hybridized carbons (Fsp3) is 0.286. The maximum absolute atomic E-state index is 13.8. The molecular formula is C14H14FN3OS. The number of halogens is 1. The minimum absolute atomic E-state index is 0.208. The number of ether oxygens (including phenoxy) is 1. The van der Waals surface area contributed by atoms with E-state index in [1.807, 2.05) is 24.3 Å². The Bertz CT molecular complexity index is 650. The second-order valence-electron chi connectivity index (χ2n) is 4.44. The summed E-state index contributed by atoms with van der Waals surface area (Å²) in [5.41, 5.74) is 0.326. The molecular weight excluding hydrogens is 277 g/mol. The largest absolute Gasteiger partial charge is 0.480 e. The lowest BCUT2D eigenvalue weighted by Crippen LogP contribution is -2.19. The van der Waals surface area contributed by atoms with Gasteiger partial charge in [0.25, 0.3) is 0 Å². The third-order valence-corrected chi connectivity index (χ3v) is 4.19. The third kappa shape index (κ3) is 2.31. The van der Waals surface area contributed by atoms with Crippen molar-refractivity contribution in [1.29, 1.82) is 0 Å². The van der Waals surface area contributed by atoms with E-state index in [4.69, 9.17) is 4.74 Å². The number of fused-ring (bicyclic) bond motifs is 1. The van der Waals surface area contributed by atoms with Gasteiger partial charge in [0.1, 0.15) is 5.75 Å². The molecule has 0 radical (unpaired) electrons. The molecule has 2 aromatic rings. The molecule has 20 heavy (non-hydrogen) atoms. The van der Waals surface area contributed by atoms with Crippen molar-refractivity contribution in [3.05, 3.63) is 41.6 Å². The molecule has 0 aliphatic carbocycles. The summed E-state index contributed by atoms with van der Waals surface area (Å²) in [6.45, 7) is 1.63. The predicted molar refractivity (Wildman–Crippen MR) is 76.8 cm³/mol. The Balaban J connectivity index is 1.93. The lowest BCUT2D eigenvalue weighted by molar-refractivity contribution is 0.210. The number of para-hydroxylation sites is 1. The van der Waals surface area contributed by atoms with E-state index in [0.717, 1.165) is 10.6 Å². The third-order valence-electron chi connectivity index (χ3n) is 3.07. The van der Waals surface area contributed by atoms with Gasteiger partial charge in [-0.15, -0.1) is 11.8 Å². The average molecular weight is 291 g/mol. The van der Waals surface area contributed by atoms with Crippen LogP contribution >= 0.6 is 11.8 Å². The van der Waals surface area contributed by atoms with E-state index in [1.165, 1.54) is 0 Å². The quantitative estimate of drug-likeness (QED) is 0.920. The van der Waals surface area contributed by atoms with E-state index >= 15 is 0 Å². The monoisotopic (exact) mass is 291 g/mol. The van der Waals surface area contributed by atoms with Crippen LogP contribution in [0.25, 0.3) is 0 Å². The molecule has 1 atom stereocenters. The molecule has 0 saturated carbocycles. The van der Waals surface area contributed by atoms with Gasteiger partial charge in [-0.05, 0) is 19.1 Å². The number of benzene rings is 1. The van der Waals surface area contributed by atoms with Crippen LogP contribution in [0.15, 0.2) is 29.2 Å². The number of nitrogens with zero attached hydrogens (tertiary/aromatic N) is 2. The van der Waals surface area contributed by atoms with Crippen molar-refractivity contribution in [1.82, 2.24) is 9.97 Å². The number of aromatic nitrogens is 2. The van der Waals surface area contributed by atoms with E-state index in [-0.39, 0.29) is 11.9 Å². The van der Waals surface area contributed by atoms with E-state index in [2.05, 4.69) is 15.3 Å². The van der Waals surface area contributed by atoms with Gasteiger partial charge in [0.05, 0.1) is 5.69 Å². The molecule has 1 aliphatic rings. The van der Waals surface area contributed by atoms with Crippen LogP contribution in [0.4, 0.5) is 10.2 Å². The van der Waals surface area contributed by atoms with Crippen LogP contribution in [0.1, 0.15) is 17.6 Å². The number of thioether (sulfide) groups is 1. The number of anilines is 1. The van der Waals surface area contributed by atoms with Crippen molar-refractivity contribution in [3.8, 4) is 5.75 Å². The smallest absolute Gasteiger partial charge is 0.186 e. The zero-order valence-corrected chi connectivity index (χ0v) is 12.0. The molecule has 3 rings (SSSR count). The second kappa shape index (κ2) is 5.28. The number of aryl methyl sites for hydroxylation is 1. The summed E-state index contributed by atoms with van der Waals surface area (Å²) in [4.78, 5) is 9.53. The van der Waals surface area contributed by atoms with Gasteiger partial charge < -0.3 is 10.1 Å². The standard InChI is InChI=1S/C14H14FN3OS/c1-8-12(15)14(16-2)18-13(17-8)10-7-20-11-6-4-3-5-9(11)19-10/h3-6,10H,7H2,1-2H3,(H,16,17,18). The molecule has 104 valence electrons. The molecule has 0 spiro atoms. The van der Waals surface area contributed by atoms with Crippen LogP contribution in [-0.4, -0.2) is 22.8 Å². The highest BCUT2D eigenvalue weighted by molar-refractivity contribution is 7.99. The van der Waals surface area contributed by atoms with Crippen LogP contribution in [0, 0.1) is 12.7 Å². The first kappa shape index (κ1) is 13.2. The summed E-state index contributed by atoms with van der Waals surface area (Å²) in [6.07, 6.45) is -0.263. The van der Waals surface area contributed by atoms with Crippen LogP contribution in [0.2, 0.25) is 0 Å². The Kier molecular flexibility index (Phi) is 3.48. The van der Waals surface area contributed by atoms with Gasteiger partial charge in [-0.1, -0.05) is 12.1 Å². The fourth-order valence-corrected chi connectivity index (χ4v) is 3.02. The summed E-state index contributed by atoms with van der Waals surface area (Å²) in [5, 5.41) is 2.75. The molecule has 0 fully saturated rings. The first-order valence-corrected chi connectivity index (χ1v) is 7.28. The zero-order chi connectivity index (χ0) is 14.1. The molecule has 0 bridgehead atoms. The predicted octanol–water partition coefficient (Wildman–Crippen LogP) is 3.19. The van der Waals surface area contributed by atoms with Gasteiger partial charge in [-0.3, -0.25) is 0 Å². The van der Waals surface area contributed by atoms with E-state index in [1.54, 1.807) is 25.7 Å². The first-order valence-electron chi connectivity index (χ1n) is 6.29. The van der Waals surface area contributed by atoms with E-state index in [0.29, 0.717) is 17.3 Å². The molecule has 1 aliphatic heterocycles. The van der Waals surface area contributed by atoms with E-state index in [9.17, 15) is 4.39 Å². The molecule has 0 amide bonds. The summed E-state index contributed by atoms with van der Waals surface area (Å²) in [5.74, 6) is 1.84. The van der Waals surface area contributed by atoms with Gasteiger partial charge >= 0.3 is 0 Å². The van der Waals surface area contributed by atoms with Crippen LogP contribution < -0.4 is 10.1 Å². The van der Waals surface area contributed by atoms with Crippen molar-refractivity contribution in [2.75, 3.05) is 18.1 Å². The van der Waals surface area contributed by atoms with Gasteiger partial charge in [0, 0.05) is 17.7 Å². The van der Waals surface area contributed by atoms with Gasteiger partial charge in [-0.25, -0.2) is 14.4 Å². The number of hydrogen-bond donors (Lipinski definition) is 1. The summed E-state index contributed by atoms with van der Waals surface area (Å²) < 4.78 is 19.7. The molecule has 2 heterocycles. The summed E-state index contributed by atoms with van der Waals surface area (Å²) in [6, 6.07) is 7.85. The SMILES string of the molecule is CNc1nc(C2CSc3ccccc3O2)nc(C)c1F. The van der Waals surface area contributed by atoms with Crippen molar-refractivity contribution in [3.63, 3.8) is 0 Å². The second-order valence-corrected chi connectivity index (χ2v) is 5.51. The highest BCUT2D eigenvalue weighted by Gasteiger charge is 2.25. The van der Waals surface area contributed by atoms with Crippen LogP contribution in [0.5, 0.6) is 5.75 Å². The number of nitrogens with one attached hydrogen (secondary N) is 1. The molecule has 6 heteroatoms.